The lowest BCUT2D eigenvalue weighted by molar-refractivity contribution is 0.398. The number of aryl methyl sites for hydroxylation is 1. The maximum atomic E-state index is 6.08. The minimum absolute atomic E-state index is 0.883. The van der Waals surface area contributed by atoms with Gasteiger partial charge in [0.25, 0.3) is 0 Å². The lowest BCUT2D eigenvalue weighted by Crippen LogP contribution is -2.13. The van der Waals surface area contributed by atoms with Gasteiger partial charge in [-0.25, -0.2) is 0 Å². The highest BCUT2D eigenvalue weighted by Gasteiger charge is 2.07. The van der Waals surface area contributed by atoms with Crippen LogP contribution in [0.3, 0.4) is 0 Å². The summed E-state index contributed by atoms with van der Waals surface area (Å²) in [6.07, 6.45) is 4.20. The van der Waals surface area contributed by atoms with E-state index < -0.39 is 0 Å². The van der Waals surface area contributed by atoms with Crippen LogP contribution in [0.5, 0.6) is 11.5 Å². The van der Waals surface area contributed by atoms with Crippen molar-refractivity contribution in [2.24, 2.45) is 0 Å². The van der Waals surface area contributed by atoms with Crippen LogP contribution in [0.25, 0.3) is 0 Å². The van der Waals surface area contributed by atoms with Gasteiger partial charge in [0, 0.05) is 9.37 Å². The van der Waals surface area contributed by atoms with Gasteiger partial charge < -0.3 is 9.64 Å². The zero-order valence-corrected chi connectivity index (χ0v) is 15.7. The summed E-state index contributed by atoms with van der Waals surface area (Å²) in [6.45, 7) is 1.08. The van der Waals surface area contributed by atoms with E-state index in [4.69, 9.17) is 4.74 Å². The van der Waals surface area contributed by atoms with E-state index in [1.165, 1.54) is 10.5 Å². The van der Waals surface area contributed by atoms with E-state index in [0.717, 1.165) is 35.4 Å². The molecule has 0 aliphatic rings. The van der Waals surface area contributed by atoms with Gasteiger partial charge in [-0.2, -0.15) is 0 Å². The highest BCUT2D eigenvalue weighted by molar-refractivity contribution is 9.10. The molecule has 0 heterocycles. The van der Waals surface area contributed by atoms with Crippen molar-refractivity contribution >= 4 is 27.7 Å². The van der Waals surface area contributed by atoms with Crippen molar-refractivity contribution in [3.05, 3.63) is 52.5 Å². The predicted octanol–water partition coefficient (Wildman–Crippen LogP) is 5.46. The van der Waals surface area contributed by atoms with E-state index in [2.05, 4.69) is 59.4 Å². The second-order valence-electron chi connectivity index (χ2n) is 5.44. The second-order valence-corrected chi connectivity index (χ2v) is 7.23. The Labute approximate surface area is 146 Å². The Kier molecular flexibility index (Phi) is 6.80. The molecule has 2 nitrogen and oxygen atoms in total. The van der Waals surface area contributed by atoms with Gasteiger partial charge in [0.2, 0.25) is 0 Å². The van der Waals surface area contributed by atoms with E-state index in [1.807, 2.05) is 24.3 Å². The molecule has 2 aromatic carbocycles. The number of benzene rings is 2. The van der Waals surface area contributed by atoms with Gasteiger partial charge >= 0.3 is 0 Å². The molecule has 2 aromatic rings. The minimum atomic E-state index is 0.883. The Hall–Kier alpha value is -0.970. The number of ether oxygens (including phenoxy) is 1. The summed E-state index contributed by atoms with van der Waals surface area (Å²) in [7, 11) is 4.21. The quantitative estimate of drug-likeness (QED) is 0.592. The Morgan fingerprint density at radius 1 is 1.09 bits per heavy atom. The SMILES string of the molecule is CSc1ccc(Oc2ccc(Br)cc2CCCN(C)C)cc1. The summed E-state index contributed by atoms with van der Waals surface area (Å²) >= 11 is 5.29. The average Bonchev–Trinajstić information content (AvgIpc) is 2.50. The molecule has 0 atom stereocenters. The summed E-state index contributed by atoms with van der Waals surface area (Å²) in [5, 5.41) is 0. The summed E-state index contributed by atoms with van der Waals surface area (Å²) in [6, 6.07) is 14.4. The molecule has 0 aliphatic heterocycles. The van der Waals surface area contributed by atoms with Crippen molar-refractivity contribution in [2.45, 2.75) is 17.7 Å². The molecular formula is C18H22BrNOS. The molecule has 0 unspecified atom stereocenters. The van der Waals surface area contributed by atoms with Gasteiger partial charge in [-0.05, 0) is 87.8 Å². The molecule has 0 radical (unpaired) electrons. The van der Waals surface area contributed by atoms with Crippen molar-refractivity contribution in [3.63, 3.8) is 0 Å². The fourth-order valence-electron chi connectivity index (χ4n) is 2.20. The fraction of sp³-hybridized carbons (Fsp3) is 0.333. The summed E-state index contributed by atoms with van der Waals surface area (Å²) in [4.78, 5) is 3.45. The second kappa shape index (κ2) is 8.61. The highest BCUT2D eigenvalue weighted by atomic mass is 79.9. The molecule has 0 bridgehead atoms. The third kappa shape index (κ3) is 5.34. The van der Waals surface area contributed by atoms with Gasteiger partial charge in [-0.15, -0.1) is 11.8 Å². The first-order valence-corrected chi connectivity index (χ1v) is 9.35. The number of nitrogens with zero attached hydrogens (tertiary/aromatic N) is 1. The van der Waals surface area contributed by atoms with Crippen LogP contribution in [0.15, 0.2) is 51.8 Å². The summed E-state index contributed by atoms with van der Waals surface area (Å²) in [5.74, 6) is 1.83. The van der Waals surface area contributed by atoms with Crippen molar-refractivity contribution in [2.75, 3.05) is 26.9 Å². The molecule has 4 heteroatoms. The predicted molar refractivity (Wildman–Crippen MR) is 99.3 cm³/mol. The molecular weight excluding hydrogens is 358 g/mol. The number of thioether (sulfide) groups is 1. The fourth-order valence-corrected chi connectivity index (χ4v) is 3.02. The number of hydrogen-bond donors (Lipinski definition) is 0. The molecule has 118 valence electrons. The molecule has 0 fully saturated rings. The Balaban J connectivity index is 2.11. The first kappa shape index (κ1) is 17.4. The van der Waals surface area contributed by atoms with Crippen LogP contribution < -0.4 is 4.74 Å². The van der Waals surface area contributed by atoms with Crippen LogP contribution in [-0.2, 0) is 6.42 Å². The molecule has 0 spiro atoms. The molecule has 0 N–H and O–H groups in total. The van der Waals surface area contributed by atoms with Crippen LogP contribution in [0, 0.1) is 0 Å². The van der Waals surface area contributed by atoms with E-state index in [0.29, 0.717) is 0 Å². The highest BCUT2D eigenvalue weighted by Crippen LogP contribution is 2.30. The number of hydrogen-bond acceptors (Lipinski definition) is 3. The van der Waals surface area contributed by atoms with Gasteiger partial charge in [0.05, 0.1) is 0 Å². The van der Waals surface area contributed by atoms with Gasteiger partial charge in [-0.3, -0.25) is 0 Å². The Morgan fingerprint density at radius 2 is 1.82 bits per heavy atom. The number of rotatable bonds is 7. The summed E-state index contributed by atoms with van der Waals surface area (Å²) < 4.78 is 7.17. The van der Waals surface area contributed by atoms with E-state index in [9.17, 15) is 0 Å². The normalized spacial score (nSPS) is 11.0. The lowest BCUT2D eigenvalue weighted by Gasteiger charge is -2.14. The summed E-state index contributed by atoms with van der Waals surface area (Å²) in [5.41, 5.74) is 1.24. The molecule has 2 rings (SSSR count). The van der Waals surface area contributed by atoms with Gasteiger partial charge in [0.1, 0.15) is 11.5 Å². The van der Waals surface area contributed by atoms with Crippen molar-refractivity contribution < 1.29 is 4.74 Å². The first-order chi connectivity index (χ1) is 10.6. The van der Waals surface area contributed by atoms with Crippen LogP contribution in [0.2, 0.25) is 0 Å². The maximum absolute atomic E-state index is 6.08. The van der Waals surface area contributed by atoms with Crippen LogP contribution in [-0.4, -0.2) is 31.8 Å². The smallest absolute Gasteiger partial charge is 0.130 e. The molecule has 0 saturated heterocycles. The topological polar surface area (TPSA) is 12.5 Å². The van der Waals surface area contributed by atoms with Crippen molar-refractivity contribution in [1.29, 1.82) is 0 Å². The largest absolute Gasteiger partial charge is 0.457 e. The first-order valence-electron chi connectivity index (χ1n) is 7.33. The minimum Gasteiger partial charge on any atom is -0.457 e. The third-order valence-electron chi connectivity index (χ3n) is 3.36. The zero-order valence-electron chi connectivity index (χ0n) is 13.3. The zero-order chi connectivity index (χ0) is 15.9. The Bertz CT molecular complexity index is 599. The molecule has 22 heavy (non-hydrogen) atoms. The van der Waals surface area contributed by atoms with Crippen LogP contribution in [0.4, 0.5) is 0 Å². The van der Waals surface area contributed by atoms with Gasteiger partial charge in [-0.1, -0.05) is 15.9 Å². The third-order valence-corrected chi connectivity index (χ3v) is 4.60. The van der Waals surface area contributed by atoms with Crippen LogP contribution in [0.1, 0.15) is 12.0 Å². The molecule has 0 aromatic heterocycles. The standard InChI is InChI=1S/C18H22BrNOS/c1-20(2)12-4-5-14-13-15(19)6-11-18(14)21-16-7-9-17(22-3)10-8-16/h6-11,13H,4-5,12H2,1-3H3. The van der Waals surface area contributed by atoms with Gasteiger partial charge in [0.15, 0.2) is 0 Å². The molecule has 0 aliphatic carbocycles. The molecule has 0 saturated carbocycles. The van der Waals surface area contributed by atoms with Crippen LogP contribution >= 0.6 is 27.7 Å². The van der Waals surface area contributed by atoms with E-state index in [1.54, 1.807) is 11.8 Å². The maximum Gasteiger partial charge on any atom is 0.130 e. The number of halogens is 1. The monoisotopic (exact) mass is 379 g/mol. The average molecular weight is 380 g/mol. The lowest BCUT2D eigenvalue weighted by atomic mass is 10.1. The Morgan fingerprint density at radius 3 is 2.45 bits per heavy atom. The molecule has 0 amide bonds. The van der Waals surface area contributed by atoms with E-state index >= 15 is 0 Å². The van der Waals surface area contributed by atoms with E-state index in [-0.39, 0.29) is 0 Å². The van der Waals surface area contributed by atoms with Crippen molar-refractivity contribution in [3.8, 4) is 11.5 Å². The van der Waals surface area contributed by atoms with Crippen molar-refractivity contribution in [1.82, 2.24) is 4.90 Å².